The van der Waals surface area contributed by atoms with Gasteiger partial charge in [0.05, 0.1) is 23.3 Å². The molecule has 0 aliphatic rings. The molecule has 1 aromatic carbocycles. The van der Waals surface area contributed by atoms with E-state index in [-0.39, 0.29) is 5.02 Å². The number of hydrogen-bond acceptors (Lipinski definition) is 3. The third-order valence-corrected chi connectivity index (χ3v) is 4.10. The van der Waals surface area contributed by atoms with Crippen LogP contribution in [0.4, 0.5) is 4.39 Å². The predicted octanol–water partition coefficient (Wildman–Crippen LogP) is 4.65. The summed E-state index contributed by atoms with van der Waals surface area (Å²) >= 11 is 14.8. The lowest BCUT2D eigenvalue weighted by Gasteiger charge is -2.09. The lowest BCUT2D eigenvalue weighted by atomic mass is 10.3. The highest BCUT2D eigenvalue weighted by Gasteiger charge is 2.16. The minimum absolute atomic E-state index is 0.225. The maximum absolute atomic E-state index is 13.4. The predicted molar refractivity (Wildman–Crippen MR) is 85.5 cm³/mol. The Bertz CT molecular complexity index is 885. The summed E-state index contributed by atoms with van der Waals surface area (Å²) in [7, 11) is 1.53. The summed E-state index contributed by atoms with van der Waals surface area (Å²) in [4.78, 5) is 7.40. The molecule has 0 aliphatic carbocycles. The van der Waals surface area contributed by atoms with Crippen LogP contribution in [-0.2, 0) is 0 Å². The smallest absolute Gasteiger partial charge is 0.215 e. The average Bonchev–Trinajstić information content (AvgIpc) is 2.73. The number of aromatic amines is 1. The number of benzene rings is 1. The van der Waals surface area contributed by atoms with Crippen molar-refractivity contribution >= 4 is 50.9 Å². The summed E-state index contributed by atoms with van der Waals surface area (Å²) in [6.07, 6.45) is 0. The molecule has 2 heterocycles. The molecule has 0 bridgehead atoms. The van der Waals surface area contributed by atoms with E-state index in [1.807, 2.05) is 0 Å². The molecule has 0 radical (unpaired) electrons. The fraction of sp³-hybridized carbons (Fsp3) is 0.0769. The minimum Gasteiger partial charge on any atom is -0.481 e. The quantitative estimate of drug-likeness (QED) is 0.650. The van der Waals surface area contributed by atoms with E-state index in [9.17, 15) is 4.39 Å². The first-order valence-corrected chi connectivity index (χ1v) is 7.40. The summed E-state index contributed by atoms with van der Waals surface area (Å²) < 4.78 is 21.0. The van der Waals surface area contributed by atoms with E-state index in [0.29, 0.717) is 26.5 Å². The first-order valence-electron chi connectivity index (χ1n) is 5.82. The van der Waals surface area contributed by atoms with E-state index in [1.165, 1.54) is 19.2 Å². The van der Waals surface area contributed by atoms with Gasteiger partial charge in [0.25, 0.3) is 0 Å². The average molecular weight is 389 g/mol. The zero-order valence-electron chi connectivity index (χ0n) is 10.7. The van der Waals surface area contributed by atoms with Crippen LogP contribution in [0.5, 0.6) is 5.88 Å². The second kappa shape index (κ2) is 5.40. The van der Waals surface area contributed by atoms with Gasteiger partial charge in [-0.2, -0.15) is 4.98 Å². The van der Waals surface area contributed by atoms with Crippen LogP contribution in [0.25, 0.3) is 16.9 Å². The summed E-state index contributed by atoms with van der Waals surface area (Å²) in [6, 6.07) is 6.07. The number of aromatic nitrogens is 3. The van der Waals surface area contributed by atoms with Crippen LogP contribution in [0.2, 0.25) is 5.02 Å². The maximum Gasteiger partial charge on any atom is 0.215 e. The van der Waals surface area contributed by atoms with Gasteiger partial charge in [-0.25, -0.2) is 4.39 Å². The van der Waals surface area contributed by atoms with E-state index >= 15 is 0 Å². The number of ether oxygens (including phenoxy) is 1. The Morgan fingerprint density at radius 2 is 2.19 bits per heavy atom. The van der Waals surface area contributed by atoms with Gasteiger partial charge in [-0.05, 0) is 46.3 Å². The first kappa shape index (κ1) is 14.5. The van der Waals surface area contributed by atoms with E-state index in [2.05, 4.69) is 25.9 Å². The number of imidazole rings is 1. The first-order chi connectivity index (χ1) is 10.0. The van der Waals surface area contributed by atoms with Crippen LogP contribution in [0.15, 0.2) is 28.7 Å². The molecule has 3 aromatic rings. The molecule has 21 heavy (non-hydrogen) atoms. The van der Waals surface area contributed by atoms with Crippen LogP contribution in [0, 0.1) is 10.6 Å². The number of nitrogens with zero attached hydrogens (tertiary/aromatic N) is 2. The second-order valence-electron chi connectivity index (χ2n) is 4.21. The van der Waals surface area contributed by atoms with Gasteiger partial charge < -0.3 is 9.72 Å². The molecule has 0 spiro atoms. The van der Waals surface area contributed by atoms with Gasteiger partial charge in [0.2, 0.25) is 5.88 Å². The number of pyridine rings is 1. The van der Waals surface area contributed by atoms with Gasteiger partial charge in [0, 0.05) is 10.5 Å². The highest BCUT2D eigenvalue weighted by molar-refractivity contribution is 9.10. The van der Waals surface area contributed by atoms with E-state index < -0.39 is 5.82 Å². The fourth-order valence-corrected chi connectivity index (χ4v) is 3.34. The van der Waals surface area contributed by atoms with Crippen LogP contribution in [-0.4, -0.2) is 21.6 Å². The number of hydrogen-bond donors (Lipinski definition) is 1. The molecule has 0 saturated carbocycles. The molecule has 0 saturated heterocycles. The summed E-state index contributed by atoms with van der Waals surface area (Å²) in [5.74, 6) is 0.00660. The number of H-pyrrole nitrogens is 1. The van der Waals surface area contributed by atoms with Gasteiger partial charge >= 0.3 is 0 Å². The van der Waals surface area contributed by atoms with Crippen LogP contribution >= 0.6 is 39.7 Å². The molecule has 0 atom stereocenters. The zero-order valence-corrected chi connectivity index (χ0v) is 13.8. The minimum atomic E-state index is -0.437. The van der Waals surface area contributed by atoms with Crippen molar-refractivity contribution in [2.45, 2.75) is 0 Å². The summed E-state index contributed by atoms with van der Waals surface area (Å²) in [5.41, 5.74) is 1.80. The van der Waals surface area contributed by atoms with Crippen molar-refractivity contribution < 1.29 is 9.13 Å². The largest absolute Gasteiger partial charge is 0.481 e. The highest BCUT2D eigenvalue weighted by atomic mass is 79.9. The molecule has 2 aromatic heterocycles. The van der Waals surface area contributed by atoms with Crippen molar-refractivity contribution in [2.75, 3.05) is 7.11 Å². The Kier molecular flexibility index (Phi) is 3.73. The Morgan fingerprint density at radius 3 is 2.86 bits per heavy atom. The van der Waals surface area contributed by atoms with Gasteiger partial charge in [-0.1, -0.05) is 11.6 Å². The molecule has 4 nitrogen and oxygen atoms in total. The molecular formula is C13H8BrClFN3OS. The molecule has 0 unspecified atom stereocenters. The summed E-state index contributed by atoms with van der Waals surface area (Å²) in [5, 5.41) is 0.225. The molecule has 0 aliphatic heterocycles. The number of methoxy groups -OCH3 is 1. The molecule has 8 heteroatoms. The molecule has 108 valence electrons. The van der Waals surface area contributed by atoms with Crippen molar-refractivity contribution in [1.82, 2.24) is 14.5 Å². The van der Waals surface area contributed by atoms with E-state index in [4.69, 9.17) is 28.6 Å². The SMILES string of the molecule is COc1ccc2[nH]c(=S)n(-c3c(Cl)cc(F)cc3Br)c2n1. The Morgan fingerprint density at radius 1 is 1.43 bits per heavy atom. The van der Waals surface area contributed by atoms with Gasteiger partial charge in [0.1, 0.15) is 5.82 Å². The Balaban J connectivity index is 2.40. The van der Waals surface area contributed by atoms with Crippen molar-refractivity contribution in [1.29, 1.82) is 0 Å². The maximum atomic E-state index is 13.4. The number of fused-ring (bicyclic) bond motifs is 1. The monoisotopic (exact) mass is 387 g/mol. The number of halogens is 3. The third kappa shape index (κ3) is 2.45. The molecular weight excluding hydrogens is 381 g/mol. The van der Waals surface area contributed by atoms with Crippen LogP contribution in [0.1, 0.15) is 0 Å². The number of rotatable bonds is 2. The zero-order chi connectivity index (χ0) is 15.1. The highest BCUT2D eigenvalue weighted by Crippen LogP contribution is 2.32. The molecule has 0 amide bonds. The van der Waals surface area contributed by atoms with Crippen molar-refractivity contribution in [3.05, 3.63) is 44.3 Å². The standard InChI is InChI=1S/C13H8BrClFN3OS/c1-20-10-3-2-9-12(18-10)19(13(21)17-9)11-7(14)4-6(16)5-8(11)15/h2-5H,1H3,(H,17,21). The lowest BCUT2D eigenvalue weighted by molar-refractivity contribution is 0.399. The number of nitrogens with one attached hydrogen (secondary N) is 1. The second-order valence-corrected chi connectivity index (χ2v) is 5.86. The van der Waals surface area contributed by atoms with Crippen LogP contribution in [0.3, 0.4) is 0 Å². The van der Waals surface area contributed by atoms with Gasteiger partial charge in [-0.3, -0.25) is 4.57 Å². The lowest BCUT2D eigenvalue weighted by Crippen LogP contribution is -1.99. The summed E-state index contributed by atoms with van der Waals surface area (Å²) in [6.45, 7) is 0. The molecule has 3 rings (SSSR count). The fourth-order valence-electron chi connectivity index (χ4n) is 2.04. The van der Waals surface area contributed by atoms with Gasteiger partial charge in [0.15, 0.2) is 10.4 Å². The normalized spacial score (nSPS) is 11.0. The van der Waals surface area contributed by atoms with E-state index in [1.54, 1.807) is 16.7 Å². The Labute approximate surface area is 137 Å². The molecule has 1 N–H and O–H groups in total. The molecule has 0 fully saturated rings. The van der Waals surface area contributed by atoms with Gasteiger partial charge in [-0.15, -0.1) is 0 Å². The third-order valence-electron chi connectivity index (χ3n) is 2.92. The van der Waals surface area contributed by atoms with Crippen molar-refractivity contribution in [2.24, 2.45) is 0 Å². The van der Waals surface area contributed by atoms with Crippen LogP contribution < -0.4 is 4.74 Å². The Hall–Kier alpha value is -1.44. The topological polar surface area (TPSA) is 42.8 Å². The van der Waals surface area contributed by atoms with E-state index in [0.717, 1.165) is 5.52 Å². The van der Waals surface area contributed by atoms with Crippen molar-refractivity contribution in [3.8, 4) is 11.6 Å². The van der Waals surface area contributed by atoms with Crippen molar-refractivity contribution in [3.63, 3.8) is 0 Å².